The molecule has 1 aromatic rings. The fourth-order valence-electron chi connectivity index (χ4n) is 2.48. The number of piperidine rings is 1. The van der Waals surface area contributed by atoms with E-state index in [4.69, 9.17) is 4.74 Å². The van der Waals surface area contributed by atoms with Crippen LogP contribution in [0.25, 0.3) is 6.08 Å². The van der Waals surface area contributed by atoms with Crippen LogP contribution in [0.3, 0.4) is 0 Å². The third-order valence-corrected chi connectivity index (χ3v) is 3.53. The molecule has 1 aromatic carbocycles. The normalized spacial score (nSPS) is 17.0. The van der Waals surface area contributed by atoms with Crippen LogP contribution in [0.5, 0.6) is 0 Å². The fourth-order valence-corrected chi connectivity index (χ4v) is 2.48. The number of amides is 1. The first-order chi connectivity index (χ1) is 11.2. The minimum atomic E-state index is -0.880. The SMILES string of the molecule is CC(C)(C)OC(=O)N1CCCCC1=Cc1ccc(F)c([N+](=O)[O-])c1. The Kier molecular flexibility index (Phi) is 5.21. The van der Waals surface area contributed by atoms with Crippen molar-refractivity contribution in [2.45, 2.75) is 45.6 Å². The summed E-state index contributed by atoms with van der Waals surface area (Å²) in [6.07, 6.45) is 3.67. The molecule has 0 atom stereocenters. The van der Waals surface area contributed by atoms with Crippen molar-refractivity contribution in [1.29, 1.82) is 0 Å². The van der Waals surface area contributed by atoms with E-state index in [2.05, 4.69) is 0 Å². The van der Waals surface area contributed by atoms with Gasteiger partial charge >= 0.3 is 11.8 Å². The molecule has 1 fully saturated rings. The van der Waals surface area contributed by atoms with Gasteiger partial charge in [0.2, 0.25) is 5.82 Å². The summed E-state index contributed by atoms with van der Waals surface area (Å²) in [6, 6.07) is 3.69. The zero-order chi connectivity index (χ0) is 17.9. The maximum absolute atomic E-state index is 13.4. The van der Waals surface area contributed by atoms with E-state index in [-0.39, 0.29) is 0 Å². The van der Waals surface area contributed by atoms with Crippen molar-refractivity contribution in [3.8, 4) is 0 Å². The number of hydrogen-bond donors (Lipinski definition) is 0. The van der Waals surface area contributed by atoms with Gasteiger partial charge in [0.25, 0.3) is 0 Å². The van der Waals surface area contributed by atoms with Crippen LogP contribution in [-0.4, -0.2) is 28.1 Å². The van der Waals surface area contributed by atoms with Crippen molar-refractivity contribution < 1.29 is 18.8 Å². The highest BCUT2D eigenvalue weighted by Gasteiger charge is 2.26. The molecule has 24 heavy (non-hydrogen) atoms. The molecule has 1 aliphatic rings. The van der Waals surface area contributed by atoms with Crippen LogP contribution in [0, 0.1) is 15.9 Å². The van der Waals surface area contributed by atoms with Gasteiger partial charge in [-0.05, 0) is 57.7 Å². The molecule has 0 N–H and O–H groups in total. The largest absolute Gasteiger partial charge is 0.443 e. The van der Waals surface area contributed by atoms with Gasteiger partial charge in [-0.2, -0.15) is 4.39 Å². The van der Waals surface area contributed by atoms with Crippen LogP contribution in [0.4, 0.5) is 14.9 Å². The molecule has 1 amide bonds. The maximum Gasteiger partial charge on any atom is 0.414 e. The predicted octanol–water partition coefficient (Wildman–Crippen LogP) is 4.50. The molecule has 1 aliphatic heterocycles. The van der Waals surface area contributed by atoms with Gasteiger partial charge in [-0.3, -0.25) is 15.0 Å². The third-order valence-electron chi connectivity index (χ3n) is 3.53. The number of benzene rings is 1. The first-order valence-corrected chi connectivity index (χ1v) is 7.82. The third kappa shape index (κ3) is 4.53. The Balaban J connectivity index is 2.30. The summed E-state index contributed by atoms with van der Waals surface area (Å²) in [5.41, 5.74) is 0.0165. The Morgan fingerprint density at radius 1 is 1.38 bits per heavy atom. The fraction of sp³-hybridized carbons (Fsp3) is 0.471. The van der Waals surface area contributed by atoms with Crippen LogP contribution in [0.1, 0.15) is 45.6 Å². The molecule has 0 aliphatic carbocycles. The highest BCUT2D eigenvalue weighted by Crippen LogP contribution is 2.27. The summed E-state index contributed by atoms with van der Waals surface area (Å²) in [6.45, 7) is 5.91. The first-order valence-electron chi connectivity index (χ1n) is 7.82. The number of allylic oxidation sites excluding steroid dienone is 1. The number of likely N-dealkylation sites (tertiary alicyclic amines) is 1. The molecule has 1 heterocycles. The van der Waals surface area contributed by atoms with Gasteiger partial charge in [-0.25, -0.2) is 4.79 Å². The Hall–Kier alpha value is -2.44. The van der Waals surface area contributed by atoms with Crippen molar-refractivity contribution >= 4 is 17.9 Å². The molecule has 130 valence electrons. The van der Waals surface area contributed by atoms with E-state index in [1.54, 1.807) is 31.7 Å². The van der Waals surface area contributed by atoms with Crippen molar-refractivity contribution in [1.82, 2.24) is 4.90 Å². The average Bonchev–Trinajstić information content (AvgIpc) is 2.47. The molecule has 6 nitrogen and oxygen atoms in total. The highest BCUT2D eigenvalue weighted by molar-refractivity contribution is 5.73. The van der Waals surface area contributed by atoms with E-state index in [9.17, 15) is 19.3 Å². The van der Waals surface area contributed by atoms with Crippen LogP contribution in [0.15, 0.2) is 23.9 Å². The Morgan fingerprint density at radius 2 is 2.08 bits per heavy atom. The number of carbonyl (C=O) groups is 1. The monoisotopic (exact) mass is 336 g/mol. The Labute approximate surface area is 140 Å². The quantitative estimate of drug-likeness (QED) is 0.589. The van der Waals surface area contributed by atoms with Gasteiger partial charge in [0.15, 0.2) is 0 Å². The lowest BCUT2D eigenvalue weighted by molar-refractivity contribution is -0.387. The predicted molar refractivity (Wildman–Crippen MR) is 87.8 cm³/mol. The smallest absolute Gasteiger partial charge is 0.414 e. The van der Waals surface area contributed by atoms with Crippen molar-refractivity contribution in [2.75, 3.05) is 6.54 Å². The maximum atomic E-state index is 13.4. The summed E-state index contributed by atoms with van der Waals surface area (Å²) >= 11 is 0. The standard InChI is InChI=1S/C17H21FN2O4/c1-17(2,3)24-16(21)19-9-5-4-6-13(19)10-12-7-8-14(18)15(11-12)20(22)23/h7-8,10-11H,4-6,9H2,1-3H3. The van der Waals surface area contributed by atoms with Crippen molar-refractivity contribution in [3.05, 3.63) is 45.4 Å². The van der Waals surface area contributed by atoms with Crippen LogP contribution >= 0.6 is 0 Å². The lowest BCUT2D eigenvalue weighted by atomic mass is 10.0. The minimum Gasteiger partial charge on any atom is -0.443 e. The Morgan fingerprint density at radius 3 is 2.71 bits per heavy atom. The first kappa shape index (κ1) is 17.9. The van der Waals surface area contributed by atoms with Crippen molar-refractivity contribution in [3.63, 3.8) is 0 Å². The second-order valence-electron chi connectivity index (χ2n) is 6.69. The molecule has 0 unspecified atom stereocenters. The molecule has 0 saturated carbocycles. The molecular weight excluding hydrogens is 315 g/mol. The van der Waals surface area contributed by atoms with Crippen LogP contribution in [-0.2, 0) is 4.74 Å². The summed E-state index contributed by atoms with van der Waals surface area (Å²) in [5, 5.41) is 10.9. The molecule has 0 spiro atoms. The molecule has 2 rings (SSSR count). The van der Waals surface area contributed by atoms with Gasteiger partial charge in [0, 0.05) is 18.3 Å². The van der Waals surface area contributed by atoms with E-state index in [0.29, 0.717) is 18.5 Å². The number of hydrogen-bond acceptors (Lipinski definition) is 4. The number of nitro benzene ring substituents is 1. The number of nitrogens with zero attached hydrogens (tertiary/aromatic N) is 2. The van der Waals surface area contributed by atoms with E-state index in [1.807, 2.05) is 0 Å². The number of halogens is 1. The minimum absolute atomic E-state index is 0.440. The zero-order valence-electron chi connectivity index (χ0n) is 14.0. The molecule has 1 saturated heterocycles. The van der Waals surface area contributed by atoms with E-state index < -0.39 is 28.1 Å². The second-order valence-corrected chi connectivity index (χ2v) is 6.69. The van der Waals surface area contributed by atoms with Crippen LogP contribution in [0.2, 0.25) is 0 Å². The highest BCUT2D eigenvalue weighted by atomic mass is 19.1. The van der Waals surface area contributed by atoms with Crippen LogP contribution < -0.4 is 0 Å². The summed E-state index contributed by atoms with van der Waals surface area (Å²) in [7, 11) is 0. The molecular formula is C17H21FN2O4. The lowest BCUT2D eigenvalue weighted by Crippen LogP contribution is -2.38. The number of ether oxygens (including phenoxy) is 1. The van der Waals surface area contributed by atoms with E-state index >= 15 is 0 Å². The van der Waals surface area contributed by atoms with Gasteiger partial charge in [-0.15, -0.1) is 0 Å². The molecule has 0 radical (unpaired) electrons. The second kappa shape index (κ2) is 6.98. The van der Waals surface area contributed by atoms with Gasteiger partial charge in [0.05, 0.1) is 4.92 Å². The van der Waals surface area contributed by atoms with E-state index in [1.165, 1.54) is 12.1 Å². The Bertz CT molecular complexity index is 680. The number of nitro groups is 1. The van der Waals surface area contributed by atoms with Gasteiger partial charge in [0.1, 0.15) is 5.60 Å². The van der Waals surface area contributed by atoms with E-state index in [0.717, 1.165) is 24.6 Å². The molecule has 7 heteroatoms. The molecule has 0 aromatic heterocycles. The summed E-state index contributed by atoms with van der Waals surface area (Å²) < 4.78 is 18.8. The summed E-state index contributed by atoms with van der Waals surface area (Å²) in [5.74, 6) is -0.880. The summed E-state index contributed by atoms with van der Waals surface area (Å²) in [4.78, 5) is 24.0. The lowest BCUT2D eigenvalue weighted by Gasteiger charge is -2.32. The van der Waals surface area contributed by atoms with Crippen molar-refractivity contribution in [2.24, 2.45) is 0 Å². The van der Waals surface area contributed by atoms with Gasteiger partial charge in [-0.1, -0.05) is 6.07 Å². The zero-order valence-corrected chi connectivity index (χ0v) is 14.0. The topological polar surface area (TPSA) is 72.7 Å². The number of rotatable bonds is 2. The number of carbonyl (C=O) groups excluding carboxylic acids is 1. The average molecular weight is 336 g/mol. The molecule has 0 bridgehead atoms. The van der Waals surface area contributed by atoms with Gasteiger partial charge < -0.3 is 4.74 Å².